The van der Waals surface area contributed by atoms with E-state index < -0.39 is 0 Å². The molecule has 0 aliphatic heterocycles. The Morgan fingerprint density at radius 1 is 0.674 bits per heavy atom. The molecule has 2 rings (SSSR count). The van der Waals surface area contributed by atoms with Crippen molar-refractivity contribution in [2.75, 3.05) is 39.5 Å². The monoisotopic (exact) mass is 598 g/mol. The molecule has 0 bridgehead atoms. The van der Waals surface area contributed by atoms with Crippen LogP contribution in [0, 0.1) is 17.8 Å². The quantitative estimate of drug-likeness (QED) is 0.0771. The van der Waals surface area contributed by atoms with E-state index in [-0.39, 0.29) is 6.61 Å². The first-order valence-corrected chi connectivity index (χ1v) is 18.4. The van der Waals surface area contributed by atoms with Gasteiger partial charge in [0.1, 0.15) is 18.1 Å². The Labute approximate surface area is 266 Å². The molecule has 246 valence electrons. The number of unbranched alkanes of at least 4 members (excludes halogenated alkanes) is 14. The van der Waals surface area contributed by atoms with Crippen molar-refractivity contribution in [3.63, 3.8) is 0 Å². The van der Waals surface area contributed by atoms with Crippen LogP contribution in [0.3, 0.4) is 0 Å². The molecule has 0 atom stereocenters. The maximum Gasteiger partial charge on any atom is 0.123 e. The lowest BCUT2D eigenvalue weighted by Gasteiger charge is -2.29. The van der Waals surface area contributed by atoms with Gasteiger partial charge in [0, 0.05) is 32.0 Å². The standard InChI is InChI=1S/C39H67NO3/c1-3-5-7-9-11-12-13-14-15-16-17-18-20-23-37-33-38(42-31-21-19-10-8-6-4-2)35-39(34-37)43-32-29-40(28-30-41)27-26-36-24-22-25-36/h33-36,41H,3-9,11-18,20-32H2,1-2H3. The van der Waals surface area contributed by atoms with Gasteiger partial charge >= 0.3 is 0 Å². The summed E-state index contributed by atoms with van der Waals surface area (Å²) in [4.78, 5) is 2.35. The minimum Gasteiger partial charge on any atom is -0.492 e. The number of rotatable bonds is 28. The second-order valence-electron chi connectivity index (χ2n) is 12.9. The average Bonchev–Trinajstić information content (AvgIpc) is 2.98. The lowest BCUT2D eigenvalue weighted by atomic mass is 9.83. The van der Waals surface area contributed by atoms with Crippen molar-refractivity contribution in [2.24, 2.45) is 5.92 Å². The summed E-state index contributed by atoms with van der Waals surface area (Å²) < 4.78 is 12.4. The number of hydrogen-bond acceptors (Lipinski definition) is 4. The summed E-state index contributed by atoms with van der Waals surface area (Å²) >= 11 is 0. The first kappa shape index (κ1) is 37.5. The van der Waals surface area contributed by atoms with Gasteiger partial charge in [0.15, 0.2) is 0 Å². The number of aryl methyl sites for hydroxylation is 1. The third-order valence-corrected chi connectivity index (χ3v) is 8.96. The molecule has 1 aliphatic rings. The van der Waals surface area contributed by atoms with Crippen LogP contribution in [0.4, 0.5) is 0 Å². The highest BCUT2D eigenvalue weighted by molar-refractivity contribution is 5.38. The molecule has 0 aromatic heterocycles. The number of hydrogen-bond donors (Lipinski definition) is 1. The zero-order valence-corrected chi connectivity index (χ0v) is 28.3. The van der Waals surface area contributed by atoms with Crippen LogP contribution in [-0.4, -0.2) is 49.5 Å². The van der Waals surface area contributed by atoms with Gasteiger partial charge in [0.05, 0.1) is 13.2 Å². The highest BCUT2D eigenvalue weighted by Crippen LogP contribution is 2.29. The third-order valence-electron chi connectivity index (χ3n) is 8.96. The molecule has 1 aromatic rings. The lowest BCUT2D eigenvalue weighted by Crippen LogP contribution is -2.33. The van der Waals surface area contributed by atoms with Crippen LogP contribution in [0.5, 0.6) is 11.5 Å². The van der Waals surface area contributed by atoms with Crippen molar-refractivity contribution in [2.45, 2.75) is 155 Å². The van der Waals surface area contributed by atoms with Crippen molar-refractivity contribution >= 4 is 0 Å². The molecule has 1 saturated carbocycles. The van der Waals surface area contributed by atoms with Gasteiger partial charge in [-0.1, -0.05) is 123 Å². The highest BCUT2D eigenvalue weighted by Gasteiger charge is 2.18. The first-order chi connectivity index (χ1) is 21.2. The Morgan fingerprint density at radius 2 is 1.26 bits per heavy atom. The van der Waals surface area contributed by atoms with Crippen molar-refractivity contribution in [3.8, 4) is 23.3 Å². The molecule has 1 N–H and O–H groups in total. The Hall–Kier alpha value is -1.70. The highest BCUT2D eigenvalue weighted by atomic mass is 16.5. The lowest BCUT2D eigenvalue weighted by molar-refractivity contribution is 0.151. The summed E-state index contributed by atoms with van der Waals surface area (Å²) in [6, 6.07) is 6.46. The molecule has 0 radical (unpaired) electrons. The molecule has 1 aliphatic carbocycles. The van der Waals surface area contributed by atoms with Crippen LogP contribution < -0.4 is 9.47 Å². The molecule has 0 spiro atoms. The summed E-state index contributed by atoms with van der Waals surface area (Å²) in [5.41, 5.74) is 1.31. The van der Waals surface area contributed by atoms with E-state index in [4.69, 9.17) is 9.47 Å². The van der Waals surface area contributed by atoms with Crippen molar-refractivity contribution in [1.29, 1.82) is 0 Å². The predicted octanol–water partition coefficient (Wildman–Crippen LogP) is 10.1. The average molecular weight is 598 g/mol. The predicted molar refractivity (Wildman–Crippen MR) is 184 cm³/mol. The molecule has 1 fully saturated rings. The van der Waals surface area contributed by atoms with E-state index in [1.807, 2.05) is 6.07 Å². The maximum atomic E-state index is 9.53. The van der Waals surface area contributed by atoms with Gasteiger partial charge in [-0.25, -0.2) is 0 Å². The molecule has 0 amide bonds. The van der Waals surface area contributed by atoms with Crippen LogP contribution in [0.1, 0.15) is 154 Å². The topological polar surface area (TPSA) is 41.9 Å². The molecule has 0 heterocycles. The van der Waals surface area contributed by atoms with Gasteiger partial charge in [-0.2, -0.15) is 0 Å². The third kappa shape index (κ3) is 20.0. The van der Waals surface area contributed by atoms with Crippen LogP contribution in [0.15, 0.2) is 18.2 Å². The van der Waals surface area contributed by atoms with Gasteiger partial charge in [-0.15, -0.1) is 5.92 Å². The van der Waals surface area contributed by atoms with E-state index in [9.17, 15) is 5.11 Å². The molecule has 43 heavy (non-hydrogen) atoms. The van der Waals surface area contributed by atoms with Crippen LogP contribution in [0.25, 0.3) is 0 Å². The summed E-state index contributed by atoms with van der Waals surface area (Å²) in [7, 11) is 0. The second-order valence-corrected chi connectivity index (χ2v) is 12.9. The summed E-state index contributed by atoms with van der Waals surface area (Å²) in [6.45, 7) is 8.58. The first-order valence-electron chi connectivity index (χ1n) is 18.4. The van der Waals surface area contributed by atoms with Crippen LogP contribution in [0.2, 0.25) is 0 Å². The summed E-state index contributed by atoms with van der Waals surface area (Å²) in [6.07, 6.45) is 28.5. The Kier molecular flexibility index (Phi) is 23.3. The number of nitrogens with zero attached hydrogens (tertiary/aromatic N) is 1. The van der Waals surface area contributed by atoms with Crippen LogP contribution in [-0.2, 0) is 6.42 Å². The summed E-state index contributed by atoms with van der Waals surface area (Å²) in [5, 5.41) is 9.53. The minimum atomic E-state index is 0.207. The largest absolute Gasteiger partial charge is 0.492 e. The molecule has 0 saturated heterocycles. The van der Waals surface area contributed by atoms with Crippen molar-refractivity contribution < 1.29 is 14.6 Å². The van der Waals surface area contributed by atoms with Crippen molar-refractivity contribution in [3.05, 3.63) is 23.8 Å². The molecule has 0 unspecified atom stereocenters. The van der Waals surface area contributed by atoms with Crippen molar-refractivity contribution in [1.82, 2.24) is 4.90 Å². The van der Waals surface area contributed by atoms with Gasteiger partial charge in [-0.05, 0) is 55.8 Å². The summed E-state index contributed by atoms with van der Waals surface area (Å²) in [5.74, 6) is 9.20. The van der Waals surface area contributed by atoms with Crippen LogP contribution >= 0.6 is 0 Å². The number of benzene rings is 1. The fourth-order valence-electron chi connectivity index (χ4n) is 5.87. The van der Waals surface area contributed by atoms with E-state index in [0.29, 0.717) is 13.2 Å². The van der Waals surface area contributed by atoms with Gasteiger partial charge < -0.3 is 14.6 Å². The van der Waals surface area contributed by atoms with E-state index >= 15 is 0 Å². The van der Waals surface area contributed by atoms with Gasteiger partial charge in [0.2, 0.25) is 0 Å². The Balaban J connectivity index is 1.74. The molecule has 4 nitrogen and oxygen atoms in total. The molecule has 4 heteroatoms. The molecule has 1 aromatic carbocycles. The molecular formula is C39H67NO3. The van der Waals surface area contributed by atoms with E-state index in [1.54, 1.807) is 0 Å². The Morgan fingerprint density at radius 3 is 1.84 bits per heavy atom. The van der Waals surface area contributed by atoms with Gasteiger partial charge in [0.25, 0.3) is 0 Å². The zero-order chi connectivity index (χ0) is 30.6. The van der Waals surface area contributed by atoms with E-state index in [0.717, 1.165) is 56.3 Å². The number of ether oxygens (including phenoxy) is 2. The number of aliphatic hydroxyl groups is 1. The normalized spacial score (nSPS) is 13.1. The fraction of sp³-hybridized carbons (Fsp3) is 0.795. The maximum absolute atomic E-state index is 9.53. The SMILES string of the molecule is CCCCC#CCCOc1cc(CCCCCCCCCCCCCCC)cc(OCCN(CCO)CCC2CCC2)c1. The number of aliphatic hydroxyl groups excluding tert-OH is 1. The second kappa shape index (κ2) is 26.7. The fourth-order valence-corrected chi connectivity index (χ4v) is 5.87. The molecular weight excluding hydrogens is 530 g/mol. The van der Waals surface area contributed by atoms with Gasteiger partial charge in [-0.3, -0.25) is 4.90 Å². The minimum absolute atomic E-state index is 0.207. The van der Waals surface area contributed by atoms with E-state index in [2.05, 4.69) is 42.7 Å². The Bertz CT molecular complexity index is 841. The van der Waals surface area contributed by atoms with E-state index in [1.165, 1.54) is 128 Å². The smallest absolute Gasteiger partial charge is 0.123 e. The zero-order valence-electron chi connectivity index (χ0n) is 28.3.